The van der Waals surface area contributed by atoms with Crippen molar-refractivity contribution in [2.45, 2.75) is 13.0 Å². The SMILES string of the molecule is C[C@H](OC(=O)c1cn[nH]c1-c1ccccc1)C(=O)Nc1ccccc1F. The van der Waals surface area contributed by atoms with E-state index in [1.165, 1.54) is 31.3 Å². The van der Waals surface area contributed by atoms with Gasteiger partial charge < -0.3 is 10.1 Å². The van der Waals surface area contributed by atoms with Crippen molar-refractivity contribution in [2.24, 2.45) is 0 Å². The zero-order valence-electron chi connectivity index (χ0n) is 13.9. The fraction of sp³-hybridized carbons (Fsp3) is 0.105. The van der Waals surface area contributed by atoms with Crippen LogP contribution in [-0.4, -0.2) is 28.2 Å². The molecule has 2 N–H and O–H groups in total. The summed E-state index contributed by atoms with van der Waals surface area (Å²) in [6, 6.07) is 14.9. The molecule has 26 heavy (non-hydrogen) atoms. The van der Waals surface area contributed by atoms with E-state index in [2.05, 4.69) is 15.5 Å². The lowest BCUT2D eigenvalue weighted by atomic mass is 10.1. The number of para-hydroxylation sites is 1. The van der Waals surface area contributed by atoms with Gasteiger partial charge in [0, 0.05) is 5.56 Å². The highest BCUT2D eigenvalue weighted by Crippen LogP contribution is 2.22. The summed E-state index contributed by atoms with van der Waals surface area (Å²) in [5, 5.41) is 9.02. The van der Waals surface area contributed by atoms with Crippen molar-refractivity contribution in [3.8, 4) is 11.3 Å². The minimum absolute atomic E-state index is 0.0219. The number of nitrogens with zero attached hydrogens (tertiary/aromatic N) is 1. The molecule has 3 rings (SSSR count). The number of halogens is 1. The Morgan fingerprint density at radius 2 is 1.81 bits per heavy atom. The smallest absolute Gasteiger partial charge is 0.342 e. The maximum Gasteiger partial charge on any atom is 0.342 e. The minimum Gasteiger partial charge on any atom is -0.449 e. The summed E-state index contributed by atoms with van der Waals surface area (Å²) in [5.74, 6) is -1.90. The number of H-pyrrole nitrogens is 1. The standard InChI is InChI=1S/C19H16FN3O3/c1-12(18(24)22-16-10-6-5-9-15(16)20)26-19(25)14-11-21-23-17(14)13-7-3-2-4-8-13/h2-12H,1H3,(H,21,23)(H,22,24)/t12-/m0/s1. The van der Waals surface area contributed by atoms with E-state index < -0.39 is 23.8 Å². The average Bonchev–Trinajstić information content (AvgIpc) is 3.14. The average molecular weight is 353 g/mol. The van der Waals surface area contributed by atoms with Gasteiger partial charge in [-0.2, -0.15) is 5.10 Å². The molecule has 0 fully saturated rings. The van der Waals surface area contributed by atoms with E-state index in [1.807, 2.05) is 30.3 Å². The van der Waals surface area contributed by atoms with Gasteiger partial charge in [-0.15, -0.1) is 0 Å². The van der Waals surface area contributed by atoms with E-state index in [-0.39, 0.29) is 11.3 Å². The van der Waals surface area contributed by atoms with Crippen LogP contribution in [0.1, 0.15) is 17.3 Å². The second-order valence-corrected chi connectivity index (χ2v) is 5.54. The maximum atomic E-state index is 13.6. The molecule has 0 saturated carbocycles. The van der Waals surface area contributed by atoms with E-state index >= 15 is 0 Å². The van der Waals surface area contributed by atoms with Crippen molar-refractivity contribution >= 4 is 17.6 Å². The Kier molecular flexibility index (Phi) is 5.07. The molecule has 0 radical (unpaired) electrons. The normalized spacial score (nSPS) is 11.6. The summed E-state index contributed by atoms with van der Waals surface area (Å²) in [6.07, 6.45) is 0.229. The lowest BCUT2D eigenvalue weighted by molar-refractivity contribution is -0.123. The number of ether oxygens (including phenoxy) is 1. The predicted octanol–water partition coefficient (Wildman–Crippen LogP) is 3.40. The van der Waals surface area contributed by atoms with Crippen molar-refractivity contribution in [2.75, 3.05) is 5.32 Å². The molecule has 0 spiro atoms. The van der Waals surface area contributed by atoms with Crippen molar-refractivity contribution in [1.82, 2.24) is 10.2 Å². The van der Waals surface area contributed by atoms with Crippen LogP contribution in [-0.2, 0) is 9.53 Å². The summed E-state index contributed by atoms with van der Waals surface area (Å²) < 4.78 is 18.8. The van der Waals surface area contributed by atoms with Gasteiger partial charge in [0.2, 0.25) is 0 Å². The van der Waals surface area contributed by atoms with E-state index in [4.69, 9.17) is 4.74 Å². The highest BCUT2D eigenvalue weighted by Gasteiger charge is 2.23. The Morgan fingerprint density at radius 3 is 2.54 bits per heavy atom. The largest absolute Gasteiger partial charge is 0.449 e. The molecular weight excluding hydrogens is 337 g/mol. The van der Waals surface area contributed by atoms with Gasteiger partial charge in [0.25, 0.3) is 5.91 Å². The van der Waals surface area contributed by atoms with Crippen molar-refractivity contribution in [1.29, 1.82) is 0 Å². The number of esters is 1. The number of aromatic nitrogens is 2. The van der Waals surface area contributed by atoms with Gasteiger partial charge in [0.1, 0.15) is 11.4 Å². The van der Waals surface area contributed by atoms with Crippen LogP contribution in [0.4, 0.5) is 10.1 Å². The van der Waals surface area contributed by atoms with E-state index in [0.717, 1.165) is 5.56 Å². The van der Waals surface area contributed by atoms with Crippen LogP contribution in [0.15, 0.2) is 60.8 Å². The molecule has 1 heterocycles. The van der Waals surface area contributed by atoms with Gasteiger partial charge >= 0.3 is 5.97 Å². The quantitative estimate of drug-likeness (QED) is 0.689. The first-order valence-electron chi connectivity index (χ1n) is 7.91. The third-order valence-corrected chi connectivity index (χ3v) is 3.71. The number of benzene rings is 2. The fourth-order valence-corrected chi connectivity index (χ4v) is 2.34. The highest BCUT2D eigenvalue weighted by atomic mass is 19.1. The lowest BCUT2D eigenvalue weighted by Crippen LogP contribution is -2.30. The Balaban J connectivity index is 1.70. The van der Waals surface area contributed by atoms with Crippen LogP contribution in [0.25, 0.3) is 11.3 Å². The molecule has 0 aliphatic rings. The number of carbonyl (C=O) groups excluding carboxylic acids is 2. The molecular formula is C19H16FN3O3. The molecule has 1 atom stereocenters. The second-order valence-electron chi connectivity index (χ2n) is 5.54. The van der Waals surface area contributed by atoms with E-state index in [0.29, 0.717) is 5.69 Å². The van der Waals surface area contributed by atoms with Crippen LogP contribution in [0.5, 0.6) is 0 Å². The minimum atomic E-state index is -1.11. The van der Waals surface area contributed by atoms with Gasteiger partial charge in [-0.05, 0) is 19.1 Å². The molecule has 1 amide bonds. The molecule has 132 valence electrons. The number of hydrogen-bond donors (Lipinski definition) is 2. The van der Waals surface area contributed by atoms with Gasteiger partial charge in [-0.25, -0.2) is 9.18 Å². The monoisotopic (exact) mass is 353 g/mol. The Bertz CT molecular complexity index is 925. The molecule has 0 unspecified atom stereocenters. The molecule has 0 bridgehead atoms. The number of amides is 1. The van der Waals surface area contributed by atoms with Crippen LogP contribution in [0, 0.1) is 5.82 Å². The van der Waals surface area contributed by atoms with Crippen LogP contribution in [0.3, 0.4) is 0 Å². The molecule has 2 aromatic carbocycles. The summed E-state index contributed by atoms with van der Waals surface area (Å²) in [4.78, 5) is 24.5. The topological polar surface area (TPSA) is 84.1 Å². The molecule has 6 nitrogen and oxygen atoms in total. The number of nitrogens with one attached hydrogen (secondary N) is 2. The summed E-state index contributed by atoms with van der Waals surface area (Å²) in [5.41, 5.74) is 1.49. The van der Waals surface area contributed by atoms with Gasteiger partial charge in [-0.3, -0.25) is 9.89 Å². The third kappa shape index (κ3) is 3.77. The highest BCUT2D eigenvalue weighted by molar-refractivity contribution is 5.99. The Labute approximate surface area is 149 Å². The fourth-order valence-electron chi connectivity index (χ4n) is 2.34. The third-order valence-electron chi connectivity index (χ3n) is 3.71. The van der Waals surface area contributed by atoms with Crippen LogP contribution >= 0.6 is 0 Å². The zero-order chi connectivity index (χ0) is 18.5. The number of carbonyl (C=O) groups is 2. The predicted molar refractivity (Wildman–Crippen MR) is 93.9 cm³/mol. The molecule has 0 saturated heterocycles. The first-order chi connectivity index (χ1) is 12.6. The first-order valence-corrected chi connectivity index (χ1v) is 7.91. The van der Waals surface area contributed by atoms with Gasteiger partial charge in [-0.1, -0.05) is 42.5 Å². The van der Waals surface area contributed by atoms with Crippen molar-refractivity contribution < 1.29 is 18.7 Å². The first kappa shape index (κ1) is 17.3. The van der Waals surface area contributed by atoms with Crippen LogP contribution in [0.2, 0.25) is 0 Å². The summed E-state index contributed by atoms with van der Waals surface area (Å²) >= 11 is 0. The van der Waals surface area contributed by atoms with Crippen molar-refractivity contribution in [3.63, 3.8) is 0 Å². The molecule has 3 aromatic rings. The number of rotatable bonds is 5. The van der Waals surface area contributed by atoms with E-state index in [9.17, 15) is 14.0 Å². The summed E-state index contributed by atoms with van der Waals surface area (Å²) in [7, 11) is 0. The van der Waals surface area contributed by atoms with Crippen LogP contribution < -0.4 is 5.32 Å². The molecule has 7 heteroatoms. The van der Waals surface area contributed by atoms with E-state index in [1.54, 1.807) is 6.07 Å². The molecule has 0 aliphatic carbocycles. The number of anilines is 1. The Morgan fingerprint density at radius 1 is 1.12 bits per heavy atom. The molecule has 0 aliphatic heterocycles. The summed E-state index contributed by atoms with van der Waals surface area (Å²) in [6.45, 7) is 1.41. The zero-order valence-corrected chi connectivity index (χ0v) is 13.9. The van der Waals surface area contributed by atoms with Gasteiger partial charge in [0.05, 0.1) is 17.6 Å². The second kappa shape index (κ2) is 7.60. The number of hydrogen-bond acceptors (Lipinski definition) is 4. The van der Waals surface area contributed by atoms with Gasteiger partial charge in [0.15, 0.2) is 6.10 Å². The maximum absolute atomic E-state index is 13.6. The van der Waals surface area contributed by atoms with Crippen molar-refractivity contribution in [3.05, 3.63) is 72.2 Å². The number of aromatic amines is 1. The lowest BCUT2D eigenvalue weighted by Gasteiger charge is -2.14. The Hall–Kier alpha value is -3.48. The molecule has 1 aromatic heterocycles.